The molecule has 0 saturated heterocycles. The molecule has 1 N–H and O–H groups in total. The predicted octanol–water partition coefficient (Wildman–Crippen LogP) is 4.05. The van der Waals surface area contributed by atoms with Gasteiger partial charge in [-0.1, -0.05) is 30.3 Å². The van der Waals surface area contributed by atoms with E-state index >= 15 is 0 Å². The van der Waals surface area contributed by atoms with Crippen LogP contribution in [0.2, 0.25) is 0 Å². The van der Waals surface area contributed by atoms with Crippen molar-refractivity contribution in [1.82, 2.24) is 5.32 Å². The summed E-state index contributed by atoms with van der Waals surface area (Å²) < 4.78 is 16.2. The lowest BCUT2D eigenvalue weighted by Gasteiger charge is -2.06. The average molecular weight is 395 g/mol. The van der Waals surface area contributed by atoms with E-state index in [0.29, 0.717) is 30.0 Å². The summed E-state index contributed by atoms with van der Waals surface area (Å²) in [4.78, 5) is 24.3. The summed E-state index contributed by atoms with van der Waals surface area (Å²) >= 11 is 0. The van der Waals surface area contributed by atoms with Crippen LogP contribution in [0, 0.1) is 6.92 Å². The quantitative estimate of drug-likeness (QED) is 0.437. The number of ether oxygens (including phenoxy) is 2. The van der Waals surface area contributed by atoms with Crippen molar-refractivity contribution in [2.45, 2.75) is 26.7 Å². The van der Waals surface area contributed by atoms with Gasteiger partial charge in [-0.3, -0.25) is 4.79 Å². The lowest BCUT2D eigenvalue weighted by Crippen LogP contribution is -2.29. The van der Waals surface area contributed by atoms with Crippen LogP contribution >= 0.6 is 0 Å². The van der Waals surface area contributed by atoms with Gasteiger partial charge < -0.3 is 19.2 Å². The third kappa shape index (κ3) is 5.38. The van der Waals surface area contributed by atoms with Gasteiger partial charge >= 0.3 is 5.97 Å². The van der Waals surface area contributed by atoms with Crippen LogP contribution in [0.1, 0.15) is 35.0 Å². The number of esters is 1. The number of benzene rings is 2. The Morgan fingerprint density at radius 3 is 2.66 bits per heavy atom. The van der Waals surface area contributed by atoms with E-state index in [4.69, 9.17) is 13.9 Å². The highest BCUT2D eigenvalue weighted by Crippen LogP contribution is 2.29. The highest BCUT2D eigenvalue weighted by Gasteiger charge is 2.20. The largest absolute Gasteiger partial charge is 0.494 e. The van der Waals surface area contributed by atoms with Crippen molar-refractivity contribution in [1.29, 1.82) is 0 Å². The van der Waals surface area contributed by atoms with Crippen molar-refractivity contribution in [3.63, 3.8) is 0 Å². The highest BCUT2D eigenvalue weighted by atomic mass is 16.5. The zero-order valence-corrected chi connectivity index (χ0v) is 16.7. The van der Waals surface area contributed by atoms with E-state index in [2.05, 4.69) is 17.4 Å². The molecule has 0 fully saturated rings. The monoisotopic (exact) mass is 395 g/mol. The van der Waals surface area contributed by atoms with Crippen LogP contribution in [0.25, 0.3) is 11.0 Å². The molecule has 0 radical (unpaired) electrons. The molecule has 0 atom stereocenters. The molecule has 152 valence electrons. The first kappa shape index (κ1) is 20.5. The van der Waals surface area contributed by atoms with Gasteiger partial charge in [0.2, 0.25) is 5.76 Å². The van der Waals surface area contributed by atoms with Crippen LogP contribution in [0.5, 0.6) is 5.75 Å². The van der Waals surface area contributed by atoms with Gasteiger partial charge in [0, 0.05) is 17.5 Å². The lowest BCUT2D eigenvalue weighted by atomic mass is 10.1. The molecule has 1 aromatic heterocycles. The summed E-state index contributed by atoms with van der Waals surface area (Å²) in [6.45, 7) is 4.42. The molecule has 0 saturated carbocycles. The Kier molecular flexibility index (Phi) is 6.89. The van der Waals surface area contributed by atoms with E-state index in [-0.39, 0.29) is 18.3 Å². The summed E-state index contributed by atoms with van der Waals surface area (Å²) in [5.41, 5.74) is 2.46. The molecule has 0 aliphatic carbocycles. The summed E-state index contributed by atoms with van der Waals surface area (Å²) in [5.74, 6) is -0.181. The van der Waals surface area contributed by atoms with Crippen LogP contribution in [0.4, 0.5) is 0 Å². The Morgan fingerprint density at radius 1 is 1.10 bits per heavy atom. The Bertz CT molecular complexity index is 978. The molecule has 0 aliphatic heterocycles. The van der Waals surface area contributed by atoms with Gasteiger partial charge in [-0.05, 0) is 50.5 Å². The van der Waals surface area contributed by atoms with Crippen molar-refractivity contribution in [2.75, 3.05) is 19.8 Å². The number of amides is 1. The standard InChI is InChI=1S/C23H25NO5/c1-3-27-18-11-12-20-19(14-18)16(2)22(29-20)23(26)28-15-21(25)24-13-7-10-17-8-5-4-6-9-17/h4-6,8-9,11-12,14H,3,7,10,13,15H2,1-2H3,(H,24,25). The number of hydrogen-bond acceptors (Lipinski definition) is 5. The summed E-state index contributed by atoms with van der Waals surface area (Å²) in [6, 6.07) is 15.4. The Labute approximate surface area is 169 Å². The van der Waals surface area contributed by atoms with Crippen LogP contribution in [0.3, 0.4) is 0 Å². The third-order valence-corrected chi connectivity index (χ3v) is 4.55. The third-order valence-electron chi connectivity index (χ3n) is 4.55. The maximum absolute atomic E-state index is 12.3. The maximum atomic E-state index is 12.3. The summed E-state index contributed by atoms with van der Waals surface area (Å²) in [6.07, 6.45) is 1.69. The van der Waals surface area contributed by atoms with Gasteiger partial charge in [0.15, 0.2) is 6.61 Å². The molecule has 0 aliphatic rings. The Morgan fingerprint density at radius 2 is 1.90 bits per heavy atom. The maximum Gasteiger partial charge on any atom is 0.375 e. The first-order valence-electron chi connectivity index (χ1n) is 9.72. The van der Waals surface area contributed by atoms with Gasteiger partial charge in [0.1, 0.15) is 11.3 Å². The number of aryl methyl sites for hydroxylation is 2. The van der Waals surface area contributed by atoms with Crippen molar-refractivity contribution in [3.8, 4) is 5.75 Å². The van der Waals surface area contributed by atoms with Crippen molar-refractivity contribution in [3.05, 3.63) is 65.4 Å². The van der Waals surface area contributed by atoms with Crippen molar-refractivity contribution >= 4 is 22.8 Å². The Hall–Kier alpha value is -3.28. The van der Waals surface area contributed by atoms with E-state index in [1.54, 1.807) is 19.1 Å². The molecule has 0 bridgehead atoms. The Balaban J connectivity index is 1.48. The first-order valence-corrected chi connectivity index (χ1v) is 9.72. The number of carbonyl (C=O) groups excluding carboxylic acids is 2. The molecular formula is C23H25NO5. The number of nitrogens with one attached hydrogen (secondary N) is 1. The number of furan rings is 1. The van der Waals surface area contributed by atoms with Gasteiger partial charge in [0.25, 0.3) is 5.91 Å². The van der Waals surface area contributed by atoms with Gasteiger partial charge in [-0.25, -0.2) is 4.79 Å². The van der Waals surface area contributed by atoms with Crippen molar-refractivity contribution in [2.24, 2.45) is 0 Å². The molecule has 0 spiro atoms. The highest BCUT2D eigenvalue weighted by molar-refractivity contribution is 5.97. The molecule has 1 amide bonds. The molecule has 3 aromatic rings. The van der Waals surface area contributed by atoms with Gasteiger partial charge in [0.05, 0.1) is 6.61 Å². The number of rotatable bonds is 9. The van der Waals surface area contributed by atoms with Crippen molar-refractivity contribution < 1.29 is 23.5 Å². The van der Waals surface area contributed by atoms with Gasteiger partial charge in [-0.2, -0.15) is 0 Å². The minimum absolute atomic E-state index is 0.102. The predicted molar refractivity (Wildman–Crippen MR) is 110 cm³/mol. The minimum atomic E-state index is -0.656. The van der Waals surface area contributed by atoms with E-state index in [0.717, 1.165) is 18.2 Å². The SMILES string of the molecule is CCOc1ccc2oc(C(=O)OCC(=O)NCCCc3ccccc3)c(C)c2c1. The molecule has 6 heteroatoms. The number of carbonyl (C=O) groups is 2. The molecule has 0 unspecified atom stereocenters. The molecular weight excluding hydrogens is 370 g/mol. The molecule has 3 rings (SSSR count). The molecule has 1 heterocycles. The second kappa shape index (κ2) is 9.78. The lowest BCUT2D eigenvalue weighted by molar-refractivity contribution is -0.124. The molecule has 2 aromatic carbocycles. The minimum Gasteiger partial charge on any atom is -0.494 e. The van der Waals surface area contributed by atoms with Gasteiger partial charge in [-0.15, -0.1) is 0 Å². The second-order valence-corrected chi connectivity index (χ2v) is 6.66. The van der Waals surface area contributed by atoms with E-state index in [9.17, 15) is 9.59 Å². The first-order chi connectivity index (χ1) is 14.1. The molecule has 6 nitrogen and oxygen atoms in total. The van der Waals surface area contributed by atoms with Crippen LogP contribution in [-0.4, -0.2) is 31.6 Å². The van der Waals surface area contributed by atoms with E-state index in [1.807, 2.05) is 31.2 Å². The second-order valence-electron chi connectivity index (χ2n) is 6.66. The zero-order valence-electron chi connectivity index (χ0n) is 16.7. The zero-order chi connectivity index (χ0) is 20.6. The van der Waals surface area contributed by atoms with Crippen LogP contribution < -0.4 is 10.1 Å². The van der Waals surface area contributed by atoms with E-state index in [1.165, 1.54) is 5.56 Å². The fourth-order valence-corrected chi connectivity index (χ4v) is 3.06. The number of fused-ring (bicyclic) bond motifs is 1. The van der Waals surface area contributed by atoms with Crippen LogP contribution in [0.15, 0.2) is 52.9 Å². The summed E-state index contributed by atoms with van der Waals surface area (Å²) in [7, 11) is 0. The smallest absolute Gasteiger partial charge is 0.375 e. The average Bonchev–Trinajstić information content (AvgIpc) is 3.07. The fraction of sp³-hybridized carbons (Fsp3) is 0.304. The van der Waals surface area contributed by atoms with E-state index < -0.39 is 5.97 Å². The number of hydrogen-bond donors (Lipinski definition) is 1. The normalized spacial score (nSPS) is 10.7. The van der Waals surface area contributed by atoms with Crippen LogP contribution in [-0.2, 0) is 16.0 Å². The summed E-state index contributed by atoms with van der Waals surface area (Å²) in [5, 5.41) is 3.54. The molecule has 29 heavy (non-hydrogen) atoms. The fourth-order valence-electron chi connectivity index (χ4n) is 3.06. The topological polar surface area (TPSA) is 77.8 Å².